The molecule has 0 aromatic rings. The van der Waals surface area contributed by atoms with Crippen molar-refractivity contribution in [2.75, 3.05) is 13.7 Å². The van der Waals surface area contributed by atoms with E-state index in [2.05, 4.69) is 46.3 Å². The van der Waals surface area contributed by atoms with Crippen LogP contribution in [0, 0.1) is 0 Å². The van der Waals surface area contributed by atoms with Gasteiger partial charge in [-0.1, -0.05) is 41.5 Å². The van der Waals surface area contributed by atoms with E-state index in [0.717, 1.165) is 0 Å². The van der Waals surface area contributed by atoms with E-state index in [9.17, 15) is 9.90 Å². The molecular formula is C15H30O4Si. The Morgan fingerprint density at radius 2 is 1.55 bits per heavy atom. The molecule has 0 saturated heterocycles. The molecule has 1 atom stereocenters. The molecule has 1 N–H and O–H groups in total. The first-order valence-electron chi connectivity index (χ1n) is 7.27. The molecule has 5 heteroatoms. The lowest BCUT2D eigenvalue weighted by Crippen LogP contribution is -2.50. The Balaban J connectivity index is 5.21. The van der Waals surface area contributed by atoms with Crippen molar-refractivity contribution in [3.63, 3.8) is 0 Å². The van der Waals surface area contributed by atoms with Gasteiger partial charge < -0.3 is 14.3 Å². The SMILES string of the molecule is COC(=O)/C=C/[C@H](CO)O[Si](C(C)C)(C(C)C)C(C)C. The van der Waals surface area contributed by atoms with Gasteiger partial charge in [0, 0.05) is 6.08 Å². The summed E-state index contributed by atoms with van der Waals surface area (Å²) in [6.45, 7) is 13.0. The third kappa shape index (κ3) is 4.72. The van der Waals surface area contributed by atoms with E-state index in [4.69, 9.17) is 4.43 Å². The van der Waals surface area contributed by atoms with E-state index < -0.39 is 20.4 Å². The highest BCUT2D eigenvalue weighted by molar-refractivity contribution is 6.77. The molecule has 118 valence electrons. The minimum atomic E-state index is -2.06. The van der Waals surface area contributed by atoms with Gasteiger partial charge in [0.2, 0.25) is 8.32 Å². The quantitative estimate of drug-likeness (QED) is 0.425. The molecule has 0 saturated carbocycles. The molecule has 0 heterocycles. The van der Waals surface area contributed by atoms with Gasteiger partial charge >= 0.3 is 5.97 Å². The van der Waals surface area contributed by atoms with E-state index in [0.29, 0.717) is 16.6 Å². The van der Waals surface area contributed by atoms with Crippen molar-refractivity contribution in [2.45, 2.75) is 64.3 Å². The van der Waals surface area contributed by atoms with E-state index in [1.54, 1.807) is 6.08 Å². The minimum Gasteiger partial charge on any atom is -0.466 e. The summed E-state index contributed by atoms with van der Waals surface area (Å²) in [7, 11) is -0.727. The standard InChI is InChI=1S/C15H30O4Si/c1-11(2)20(12(3)4,13(5)6)19-14(10-16)8-9-15(17)18-7/h8-9,11-14,16H,10H2,1-7H3/b9-8+/t14-/m1/s1. The van der Waals surface area contributed by atoms with Gasteiger partial charge in [0.15, 0.2) is 0 Å². The maximum Gasteiger partial charge on any atom is 0.330 e. The number of rotatable bonds is 8. The van der Waals surface area contributed by atoms with Crippen molar-refractivity contribution in [3.8, 4) is 0 Å². The first-order valence-corrected chi connectivity index (χ1v) is 9.41. The summed E-state index contributed by atoms with van der Waals surface area (Å²) in [5, 5.41) is 9.51. The van der Waals surface area contributed by atoms with Gasteiger partial charge in [-0.3, -0.25) is 0 Å². The number of esters is 1. The fraction of sp³-hybridized carbons (Fsp3) is 0.800. The second-order valence-corrected chi connectivity index (χ2v) is 11.4. The Kier molecular flexibility index (Phi) is 8.31. The zero-order valence-electron chi connectivity index (χ0n) is 13.8. The number of carbonyl (C=O) groups excluding carboxylic acids is 1. The summed E-state index contributed by atoms with van der Waals surface area (Å²) >= 11 is 0. The molecular weight excluding hydrogens is 272 g/mol. The summed E-state index contributed by atoms with van der Waals surface area (Å²) in [5.41, 5.74) is 1.30. The van der Waals surface area contributed by atoms with Crippen LogP contribution in [0.1, 0.15) is 41.5 Å². The zero-order valence-corrected chi connectivity index (χ0v) is 14.8. The fourth-order valence-corrected chi connectivity index (χ4v) is 8.56. The van der Waals surface area contributed by atoms with Gasteiger partial charge in [-0.05, 0) is 22.7 Å². The van der Waals surface area contributed by atoms with Crippen LogP contribution in [0.2, 0.25) is 16.6 Å². The summed E-state index contributed by atoms with van der Waals surface area (Å²) in [5.74, 6) is -0.432. The summed E-state index contributed by atoms with van der Waals surface area (Å²) in [6.07, 6.45) is 2.47. The number of ether oxygens (including phenoxy) is 1. The molecule has 0 aliphatic heterocycles. The molecule has 0 amide bonds. The average molecular weight is 302 g/mol. The van der Waals surface area contributed by atoms with Crippen LogP contribution >= 0.6 is 0 Å². The number of hydrogen-bond donors (Lipinski definition) is 1. The van der Waals surface area contributed by atoms with Gasteiger partial charge in [0.25, 0.3) is 0 Å². The molecule has 0 unspecified atom stereocenters. The van der Waals surface area contributed by atoms with E-state index in [1.165, 1.54) is 13.2 Å². The number of methoxy groups -OCH3 is 1. The van der Waals surface area contributed by atoms with E-state index in [-0.39, 0.29) is 6.61 Å². The van der Waals surface area contributed by atoms with Crippen molar-refractivity contribution in [1.82, 2.24) is 0 Å². The van der Waals surface area contributed by atoms with Crippen LogP contribution in [0.25, 0.3) is 0 Å². The summed E-state index contributed by atoms with van der Waals surface area (Å²) in [4.78, 5) is 11.2. The van der Waals surface area contributed by atoms with Crippen molar-refractivity contribution in [3.05, 3.63) is 12.2 Å². The lowest BCUT2D eigenvalue weighted by atomic mass is 10.3. The highest BCUT2D eigenvalue weighted by Crippen LogP contribution is 2.43. The first-order chi connectivity index (χ1) is 9.22. The smallest absolute Gasteiger partial charge is 0.330 e. The van der Waals surface area contributed by atoms with E-state index in [1.807, 2.05) is 0 Å². The molecule has 4 nitrogen and oxygen atoms in total. The van der Waals surface area contributed by atoms with Crippen LogP contribution in [0.15, 0.2) is 12.2 Å². The summed E-state index contributed by atoms with van der Waals surface area (Å²) < 4.78 is 10.9. The lowest BCUT2D eigenvalue weighted by molar-refractivity contribution is -0.134. The van der Waals surface area contributed by atoms with Crippen LogP contribution in [-0.2, 0) is 14.0 Å². The number of hydrogen-bond acceptors (Lipinski definition) is 4. The van der Waals surface area contributed by atoms with Gasteiger partial charge in [-0.2, -0.15) is 0 Å². The predicted molar refractivity (Wildman–Crippen MR) is 84.2 cm³/mol. The molecule has 0 rings (SSSR count). The maximum atomic E-state index is 11.2. The molecule has 0 spiro atoms. The summed E-state index contributed by atoms with van der Waals surface area (Å²) in [6, 6.07) is 0. The Labute approximate surface area is 124 Å². The zero-order chi connectivity index (χ0) is 15.9. The van der Waals surface area contributed by atoms with Gasteiger partial charge in [0.1, 0.15) is 0 Å². The van der Waals surface area contributed by atoms with Crippen molar-refractivity contribution in [1.29, 1.82) is 0 Å². The molecule has 0 radical (unpaired) electrons. The third-order valence-electron chi connectivity index (χ3n) is 3.89. The lowest BCUT2D eigenvalue weighted by Gasteiger charge is -2.43. The maximum absolute atomic E-state index is 11.2. The Morgan fingerprint density at radius 1 is 1.10 bits per heavy atom. The van der Waals surface area contributed by atoms with Crippen molar-refractivity contribution >= 4 is 14.3 Å². The number of aliphatic hydroxyl groups is 1. The van der Waals surface area contributed by atoms with Gasteiger partial charge in [-0.15, -0.1) is 0 Å². The van der Waals surface area contributed by atoms with Crippen LogP contribution in [0.5, 0.6) is 0 Å². The van der Waals surface area contributed by atoms with Crippen LogP contribution < -0.4 is 0 Å². The topological polar surface area (TPSA) is 55.8 Å². The molecule has 0 aliphatic carbocycles. The average Bonchev–Trinajstić information content (AvgIpc) is 2.37. The highest BCUT2D eigenvalue weighted by atomic mass is 28.4. The van der Waals surface area contributed by atoms with Crippen LogP contribution in [0.4, 0.5) is 0 Å². The Morgan fingerprint density at radius 3 is 1.85 bits per heavy atom. The first kappa shape index (κ1) is 19.3. The molecule has 0 aromatic carbocycles. The molecule has 0 fully saturated rings. The predicted octanol–water partition coefficient (Wildman–Crippen LogP) is 3.27. The highest BCUT2D eigenvalue weighted by Gasteiger charge is 2.46. The monoisotopic (exact) mass is 302 g/mol. The number of carbonyl (C=O) groups is 1. The van der Waals surface area contributed by atoms with Crippen molar-refractivity contribution < 1.29 is 19.1 Å². The number of aliphatic hydroxyl groups excluding tert-OH is 1. The second-order valence-electron chi connectivity index (χ2n) is 6.04. The minimum absolute atomic E-state index is 0.131. The molecule has 20 heavy (non-hydrogen) atoms. The second kappa shape index (κ2) is 8.59. The third-order valence-corrected chi connectivity index (χ3v) is 10.0. The van der Waals surface area contributed by atoms with Crippen molar-refractivity contribution in [2.24, 2.45) is 0 Å². The molecule has 0 aromatic heterocycles. The van der Waals surface area contributed by atoms with E-state index >= 15 is 0 Å². The molecule has 0 bridgehead atoms. The normalized spacial score (nSPS) is 14.6. The largest absolute Gasteiger partial charge is 0.466 e. The fourth-order valence-electron chi connectivity index (χ4n) is 3.06. The van der Waals surface area contributed by atoms with Crippen LogP contribution in [-0.4, -0.2) is 39.2 Å². The molecule has 0 aliphatic rings. The van der Waals surface area contributed by atoms with Crippen LogP contribution in [0.3, 0.4) is 0 Å². The Bertz CT molecular complexity index is 302. The van der Waals surface area contributed by atoms with Gasteiger partial charge in [-0.25, -0.2) is 4.79 Å². The Hall–Kier alpha value is -0.653. The van der Waals surface area contributed by atoms with Gasteiger partial charge in [0.05, 0.1) is 19.8 Å².